The van der Waals surface area contributed by atoms with Crippen molar-refractivity contribution in [1.82, 2.24) is 9.78 Å². The van der Waals surface area contributed by atoms with Gasteiger partial charge in [0.15, 0.2) is 5.82 Å². The molecule has 2 aromatic rings. The summed E-state index contributed by atoms with van der Waals surface area (Å²) in [6.45, 7) is 0. The Morgan fingerprint density at radius 1 is 1.31 bits per heavy atom. The quantitative estimate of drug-likeness (QED) is 0.843. The van der Waals surface area contributed by atoms with Gasteiger partial charge in [-0.1, -0.05) is 6.07 Å². The lowest BCUT2D eigenvalue weighted by Crippen LogP contribution is -1.92. The van der Waals surface area contributed by atoms with E-state index in [4.69, 9.17) is 5.73 Å². The Morgan fingerprint density at radius 2 is 2.06 bits per heavy atom. The monoisotopic (exact) mass is 249 g/mol. The molecule has 0 fully saturated rings. The molecule has 5 heteroatoms. The van der Waals surface area contributed by atoms with Gasteiger partial charge in [0.25, 0.3) is 0 Å². The van der Waals surface area contributed by atoms with E-state index in [1.165, 1.54) is 5.56 Å². The van der Waals surface area contributed by atoms with E-state index in [9.17, 15) is 0 Å². The zero-order valence-electron chi connectivity index (χ0n) is 8.75. The Morgan fingerprint density at radius 3 is 2.81 bits per heavy atom. The lowest BCUT2D eigenvalue weighted by Gasteiger charge is -2.08. The second kappa shape index (κ2) is 3.75. The molecule has 2 N–H and O–H groups in total. The van der Waals surface area contributed by atoms with E-state index in [1.807, 2.05) is 35.3 Å². The predicted molar refractivity (Wildman–Crippen MR) is 72.2 cm³/mol. The van der Waals surface area contributed by atoms with Crippen LogP contribution in [0.1, 0.15) is 10.1 Å². The van der Waals surface area contributed by atoms with Gasteiger partial charge in [-0.15, -0.1) is 23.5 Å². The van der Waals surface area contributed by atoms with E-state index in [1.54, 1.807) is 0 Å². The normalized spacial score (nSPS) is 16.3. The summed E-state index contributed by atoms with van der Waals surface area (Å²) >= 11 is 3.68. The Hall–Kier alpha value is -1.07. The Labute approximate surface area is 102 Å². The second-order valence-corrected chi connectivity index (χ2v) is 5.99. The average molecular weight is 249 g/mol. The van der Waals surface area contributed by atoms with Crippen LogP contribution in [-0.4, -0.2) is 9.78 Å². The number of aromatic nitrogens is 2. The first-order valence-electron chi connectivity index (χ1n) is 4.94. The number of hydrogen-bond donors (Lipinski definition) is 1. The van der Waals surface area contributed by atoms with Crippen LogP contribution in [0, 0.1) is 0 Å². The molecule has 0 unspecified atom stereocenters. The highest BCUT2D eigenvalue weighted by Gasteiger charge is 2.16. The third-order valence-electron chi connectivity index (χ3n) is 2.64. The molecule has 1 aromatic heterocycles. The molecule has 0 spiro atoms. The van der Waals surface area contributed by atoms with Crippen LogP contribution >= 0.6 is 23.5 Å². The molecule has 0 saturated carbocycles. The van der Waals surface area contributed by atoms with Gasteiger partial charge in [0, 0.05) is 12.4 Å². The minimum atomic E-state index is 0.473. The summed E-state index contributed by atoms with van der Waals surface area (Å²) in [5.74, 6) is 0.605. The molecule has 0 amide bonds. The molecule has 0 atom stereocenters. The van der Waals surface area contributed by atoms with Crippen LogP contribution < -0.4 is 5.73 Å². The summed E-state index contributed by atoms with van der Waals surface area (Å²) in [4.78, 5) is 0. The van der Waals surface area contributed by atoms with Crippen molar-refractivity contribution in [2.24, 2.45) is 7.05 Å². The number of thioether (sulfide) groups is 2. The van der Waals surface area contributed by atoms with Gasteiger partial charge in [0.1, 0.15) is 0 Å². The fourth-order valence-corrected chi connectivity index (χ4v) is 3.89. The van der Waals surface area contributed by atoms with E-state index >= 15 is 0 Å². The van der Waals surface area contributed by atoms with Crippen LogP contribution in [0.4, 0.5) is 5.82 Å². The summed E-state index contributed by atoms with van der Waals surface area (Å²) in [6, 6.07) is 6.38. The molecule has 1 aliphatic rings. The third kappa shape index (κ3) is 1.51. The summed E-state index contributed by atoms with van der Waals surface area (Å²) < 4.78 is 2.31. The molecule has 0 saturated heterocycles. The molecule has 1 aromatic carbocycles. The van der Waals surface area contributed by atoms with Crippen molar-refractivity contribution in [1.29, 1.82) is 0 Å². The molecule has 3 rings (SSSR count). The van der Waals surface area contributed by atoms with Gasteiger partial charge in [-0.2, -0.15) is 5.10 Å². The number of benzene rings is 1. The first-order valence-corrected chi connectivity index (χ1v) is 6.82. The number of aryl methyl sites for hydroxylation is 1. The maximum absolute atomic E-state index is 5.83. The first-order chi connectivity index (χ1) is 7.75. The maximum atomic E-state index is 5.83. The molecule has 1 aliphatic heterocycles. The number of hydrogen-bond acceptors (Lipinski definition) is 4. The van der Waals surface area contributed by atoms with Crippen molar-refractivity contribution in [2.75, 3.05) is 5.73 Å². The number of rotatable bonds is 1. The molecule has 2 heterocycles. The second-order valence-electron chi connectivity index (χ2n) is 3.66. The number of anilines is 1. The standard InChI is InChI=1S/C11H11N3S2/c1-14-9-6-7(11-15-4-5-16-11)2-3-8(9)10(12)13-14/h2-6,11H,1H3,(H2,12,13). The van der Waals surface area contributed by atoms with Crippen LogP contribution in [0.3, 0.4) is 0 Å². The number of nitrogens with zero attached hydrogens (tertiary/aromatic N) is 2. The van der Waals surface area contributed by atoms with Crippen LogP contribution in [0.15, 0.2) is 29.0 Å². The zero-order valence-corrected chi connectivity index (χ0v) is 10.4. The fourth-order valence-electron chi connectivity index (χ4n) is 1.85. The van der Waals surface area contributed by atoms with Gasteiger partial charge in [-0.05, 0) is 28.5 Å². The van der Waals surface area contributed by atoms with E-state index in [0.29, 0.717) is 10.4 Å². The van der Waals surface area contributed by atoms with Crippen LogP contribution in [0.2, 0.25) is 0 Å². The molecule has 3 nitrogen and oxygen atoms in total. The predicted octanol–water partition coefficient (Wildman–Crippen LogP) is 3.11. The van der Waals surface area contributed by atoms with Crippen LogP contribution in [0.25, 0.3) is 10.9 Å². The van der Waals surface area contributed by atoms with Crippen LogP contribution in [-0.2, 0) is 7.05 Å². The maximum Gasteiger partial charge on any atom is 0.153 e. The number of nitrogen functional groups attached to an aromatic ring is 1. The van der Waals surface area contributed by atoms with Gasteiger partial charge in [0.05, 0.1) is 10.1 Å². The SMILES string of the molecule is Cn1nc(N)c2ccc(C3SC=CS3)cc21. The lowest BCUT2D eigenvalue weighted by atomic mass is 10.2. The molecule has 0 radical (unpaired) electrons. The van der Waals surface area contributed by atoms with Crippen molar-refractivity contribution in [3.8, 4) is 0 Å². The minimum absolute atomic E-state index is 0.473. The highest BCUT2D eigenvalue weighted by Crippen LogP contribution is 2.46. The smallest absolute Gasteiger partial charge is 0.153 e. The minimum Gasteiger partial charge on any atom is -0.382 e. The van der Waals surface area contributed by atoms with Crippen molar-refractivity contribution in [3.05, 3.63) is 34.6 Å². The average Bonchev–Trinajstić information content (AvgIpc) is 2.88. The lowest BCUT2D eigenvalue weighted by molar-refractivity contribution is 0.801. The van der Waals surface area contributed by atoms with E-state index < -0.39 is 0 Å². The summed E-state index contributed by atoms with van der Waals surface area (Å²) in [5.41, 5.74) is 8.24. The van der Waals surface area contributed by atoms with Gasteiger partial charge in [-0.25, -0.2) is 0 Å². The first kappa shape index (κ1) is 10.1. The van der Waals surface area contributed by atoms with Gasteiger partial charge in [0.2, 0.25) is 0 Å². The molecule has 82 valence electrons. The number of fused-ring (bicyclic) bond motifs is 1. The molecule has 0 bridgehead atoms. The molecular weight excluding hydrogens is 238 g/mol. The largest absolute Gasteiger partial charge is 0.382 e. The topological polar surface area (TPSA) is 43.8 Å². The van der Waals surface area contributed by atoms with Crippen molar-refractivity contribution < 1.29 is 0 Å². The van der Waals surface area contributed by atoms with E-state index in [2.05, 4.69) is 34.1 Å². The van der Waals surface area contributed by atoms with E-state index in [-0.39, 0.29) is 0 Å². The van der Waals surface area contributed by atoms with Gasteiger partial charge >= 0.3 is 0 Å². The summed E-state index contributed by atoms with van der Waals surface area (Å²) in [5, 5.41) is 9.53. The van der Waals surface area contributed by atoms with Crippen molar-refractivity contribution in [3.63, 3.8) is 0 Å². The highest BCUT2D eigenvalue weighted by atomic mass is 32.2. The summed E-state index contributed by atoms with van der Waals surface area (Å²) in [7, 11) is 1.93. The van der Waals surface area contributed by atoms with Crippen molar-refractivity contribution >= 4 is 40.2 Å². The molecular formula is C11H11N3S2. The molecule has 16 heavy (non-hydrogen) atoms. The highest BCUT2D eigenvalue weighted by molar-refractivity contribution is 8.21. The van der Waals surface area contributed by atoms with E-state index in [0.717, 1.165) is 10.9 Å². The summed E-state index contributed by atoms with van der Waals surface area (Å²) in [6.07, 6.45) is 0. The zero-order chi connectivity index (χ0) is 11.1. The fraction of sp³-hybridized carbons (Fsp3) is 0.182. The molecule has 0 aliphatic carbocycles. The Kier molecular flexibility index (Phi) is 2.37. The van der Waals surface area contributed by atoms with Crippen LogP contribution in [0.5, 0.6) is 0 Å². The van der Waals surface area contributed by atoms with Crippen molar-refractivity contribution in [2.45, 2.75) is 4.58 Å². The number of nitrogens with two attached hydrogens (primary N) is 1. The Balaban J connectivity index is 2.11. The van der Waals surface area contributed by atoms with Gasteiger partial charge in [-0.3, -0.25) is 4.68 Å². The Bertz CT molecular complexity index is 566. The van der Waals surface area contributed by atoms with Gasteiger partial charge < -0.3 is 5.73 Å². The third-order valence-corrected chi connectivity index (χ3v) is 5.10.